The first kappa shape index (κ1) is 16.3. The summed E-state index contributed by atoms with van der Waals surface area (Å²) in [5.41, 5.74) is 1.20. The van der Waals surface area contributed by atoms with E-state index < -0.39 is 0 Å². The van der Waals surface area contributed by atoms with Crippen LogP contribution in [0.15, 0.2) is 18.5 Å². The van der Waals surface area contributed by atoms with Crippen molar-refractivity contribution in [3.8, 4) is 5.75 Å². The maximum atomic E-state index is 5.26. The number of hydrogen-bond acceptors (Lipinski definition) is 4. The van der Waals surface area contributed by atoms with Crippen molar-refractivity contribution in [1.29, 1.82) is 0 Å². The van der Waals surface area contributed by atoms with Gasteiger partial charge in [-0.2, -0.15) is 11.8 Å². The minimum absolute atomic E-state index is 0.276. The van der Waals surface area contributed by atoms with Gasteiger partial charge in [0.05, 0.1) is 13.3 Å². The van der Waals surface area contributed by atoms with E-state index in [1.165, 1.54) is 5.56 Å². The predicted octanol–water partition coefficient (Wildman–Crippen LogP) is 3.66. The monoisotopic (exact) mass is 282 g/mol. The third-order valence-electron chi connectivity index (χ3n) is 2.70. The number of ether oxygens (including phenoxy) is 1. The molecule has 0 radical (unpaired) electrons. The van der Waals surface area contributed by atoms with Gasteiger partial charge in [-0.25, -0.2) is 0 Å². The predicted molar refractivity (Wildman–Crippen MR) is 84.0 cm³/mol. The van der Waals surface area contributed by atoms with E-state index in [2.05, 4.69) is 44.1 Å². The highest BCUT2D eigenvalue weighted by Crippen LogP contribution is 2.29. The molecule has 1 rings (SSSR count). The first-order valence-electron chi connectivity index (χ1n) is 6.82. The van der Waals surface area contributed by atoms with E-state index in [4.69, 9.17) is 4.74 Å². The van der Waals surface area contributed by atoms with Crippen LogP contribution in [0.4, 0.5) is 0 Å². The zero-order valence-electron chi connectivity index (χ0n) is 12.7. The molecule has 0 amide bonds. The molecule has 0 aliphatic rings. The molecule has 1 aromatic heterocycles. The summed E-state index contributed by atoms with van der Waals surface area (Å²) in [6.45, 7) is 9.95. The van der Waals surface area contributed by atoms with Gasteiger partial charge in [-0.1, -0.05) is 27.7 Å². The van der Waals surface area contributed by atoms with Gasteiger partial charge in [0, 0.05) is 22.7 Å². The second-order valence-corrected chi connectivity index (χ2v) is 7.43. The Balaban J connectivity index is 2.76. The summed E-state index contributed by atoms with van der Waals surface area (Å²) in [6, 6.07) is 2.40. The molecule has 1 unspecified atom stereocenters. The van der Waals surface area contributed by atoms with Crippen LogP contribution in [0, 0.1) is 0 Å². The number of nitrogens with zero attached hydrogens (tertiary/aromatic N) is 1. The van der Waals surface area contributed by atoms with Gasteiger partial charge in [-0.15, -0.1) is 0 Å². The maximum Gasteiger partial charge on any atom is 0.137 e. The third-order valence-corrected chi connectivity index (χ3v) is 4.06. The highest BCUT2D eigenvalue weighted by Gasteiger charge is 2.17. The fraction of sp³-hybridized carbons (Fsp3) is 0.667. The Bertz CT molecular complexity index is 377. The van der Waals surface area contributed by atoms with Crippen molar-refractivity contribution in [2.45, 2.75) is 44.9 Å². The summed E-state index contributed by atoms with van der Waals surface area (Å²) in [7, 11) is 1.68. The number of aromatic nitrogens is 1. The topological polar surface area (TPSA) is 34.2 Å². The molecule has 0 aliphatic heterocycles. The fourth-order valence-corrected chi connectivity index (χ4v) is 2.64. The molecule has 0 fully saturated rings. The first-order chi connectivity index (χ1) is 8.96. The zero-order chi connectivity index (χ0) is 14.3. The van der Waals surface area contributed by atoms with Gasteiger partial charge >= 0.3 is 0 Å². The van der Waals surface area contributed by atoms with E-state index in [1.54, 1.807) is 13.3 Å². The highest BCUT2D eigenvalue weighted by atomic mass is 32.2. The van der Waals surface area contributed by atoms with Crippen molar-refractivity contribution in [3.63, 3.8) is 0 Å². The Hall–Kier alpha value is -0.740. The number of rotatable bonds is 7. The molecular weight excluding hydrogens is 256 g/mol. The lowest BCUT2D eigenvalue weighted by Crippen LogP contribution is -2.26. The lowest BCUT2D eigenvalue weighted by Gasteiger charge is -2.24. The Morgan fingerprint density at radius 1 is 1.37 bits per heavy atom. The van der Waals surface area contributed by atoms with Crippen LogP contribution < -0.4 is 10.1 Å². The van der Waals surface area contributed by atoms with Gasteiger partial charge in [-0.3, -0.25) is 4.98 Å². The average Bonchev–Trinajstić information content (AvgIpc) is 2.38. The van der Waals surface area contributed by atoms with Crippen molar-refractivity contribution in [3.05, 3.63) is 24.0 Å². The van der Waals surface area contributed by atoms with Crippen LogP contribution in [0.25, 0.3) is 0 Å². The van der Waals surface area contributed by atoms with Crippen LogP contribution in [-0.2, 0) is 0 Å². The van der Waals surface area contributed by atoms with Crippen LogP contribution >= 0.6 is 11.8 Å². The van der Waals surface area contributed by atoms with Crippen LogP contribution in [-0.4, -0.2) is 29.1 Å². The summed E-state index contributed by atoms with van der Waals surface area (Å²) in [6.07, 6.45) is 4.81. The van der Waals surface area contributed by atoms with E-state index in [0.29, 0.717) is 6.04 Å². The fourth-order valence-electron chi connectivity index (χ4n) is 1.66. The summed E-state index contributed by atoms with van der Waals surface area (Å²) in [5, 5.41) is 3.59. The number of nitrogens with one attached hydrogen (secondary N) is 1. The molecule has 4 heteroatoms. The molecule has 0 aliphatic carbocycles. The molecule has 1 atom stereocenters. The van der Waals surface area contributed by atoms with Crippen LogP contribution in [0.3, 0.4) is 0 Å². The van der Waals surface area contributed by atoms with Crippen molar-refractivity contribution in [2.24, 2.45) is 0 Å². The van der Waals surface area contributed by atoms with E-state index in [0.717, 1.165) is 24.5 Å². The lowest BCUT2D eigenvalue weighted by atomic mass is 10.1. The number of thioether (sulfide) groups is 1. The first-order valence-corrected chi connectivity index (χ1v) is 7.81. The molecular formula is C15H26N2OS. The third kappa shape index (κ3) is 6.30. The zero-order valence-corrected chi connectivity index (χ0v) is 13.5. The van der Waals surface area contributed by atoms with Gasteiger partial charge in [0.1, 0.15) is 5.75 Å². The molecule has 0 aromatic carbocycles. The largest absolute Gasteiger partial charge is 0.495 e. The van der Waals surface area contributed by atoms with Gasteiger partial charge < -0.3 is 10.1 Å². The second-order valence-electron chi connectivity index (χ2n) is 5.59. The van der Waals surface area contributed by atoms with Crippen molar-refractivity contribution in [1.82, 2.24) is 10.3 Å². The van der Waals surface area contributed by atoms with E-state index in [-0.39, 0.29) is 4.75 Å². The lowest BCUT2D eigenvalue weighted by molar-refractivity contribution is 0.411. The number of methoxy groups -OCH3 is 1. The van der Waals surface area contributed by atoms with E-state index in [1.807, 2.05) is 18.0 Å². The van der Waals surface area contributed by atoms with Gasteiger partial charge in [-0.05, 0) is 24.6 Å². The molecule has 0 saturated carbocycles. The second kappa shape index (κ2) is 7.75. The Morgan fingerprint density at radius 3 is 2.68 bits per heavy atom. The molecule has 0 bridgehead atoms. The molecule has 0 saturated heterocycles. The van der Waals surface area contributed by atoms with Gasteiger partial charge in [0.2, 0.25) is 0 Å². The Labute approximate surface area is 121 Å². The molecule has 0 spiro atoms. The van der Waals surface area contributed by atoms with Crippen molar-refractivity contribution < 1.29 is 4.74 Å². The summed E-state index contributed by atoms with van der Waals surface area (Å²) in [5.74, 6) is 1.86. The number of pyridine rings is 1. The molecule has 1 N–H and O–H groups in total. The summed E-state index contributed by atoms with van der Waals surface area (Å²) < 4.78 is 5.53. The molecule has 3 nitrogen and oxygen atoms in total. The van der Waals surface area contributed by atoms with Crippen LogP contribution in [0.5, 0.6) is 5.75 Å². The molecule has 108 valence electrons. The minimum Gasteiger partial charge on any atom is -0.495 e. The molecule has 19 heavy (non-hydrogen) atoms. The normalized spacial score (nSPS) is 13.3. The minimum atomic E-state index is 0.276. The Kier molecular flexibility index (Phi) is 6.66. The molecule has 1 aromatic rings. The van der Waals surface area contributed by atoms with Gasteiger partial charge in [0.15, 0.2) is 0 Å². The summed E-state index contributed by atoms with van der Waals surface area (Å²) >= 11 is 1.97. The Morgan fingerprint density at radius 2 is 2.11 bits per heavy atom. The highest BCUT2D eigenvalue weighted by molar-refractivity contribution is 8.00. The number of hydrogen-bond donors (Lipinski definition) is 1. The van der Waals surface area contributed by atoms with E-state index >= 15 is 0 Å². The quantitative estimate of drug-likeness (QED) is 0.827. The summed E-state index contributed by atoms with van der Waals surface area (Å²) in [4.78, 5) is 4.25. The maximum absolute atomic E-state index is 5.26. The van der Waals surface area contributed by atoms with Crippen molar-refractivity contribution in [2.75, 3.05) is 19.4 Å². The smallest absolute Gasteiger partial charge is 0.137 e. The molecule has 1 heterocycles. The standard InChI is InChI=1S/C15H26N2OS/c1-6-7-17-14(11-19-15(2,3)4)12-8-13(18-5)10-16-9-12/h8-10,14,17H,6-7,11H2,1-5H3. The van der Waals surface area contributed by atoms with E-state index in [9.17, 15) is 0 Å². The van der Waals surface area contributed by atoms with Crippen molar-refractivity contribution >= 4 is 11.8 Å². The van der Waals surface area contributed by atoms with Crippen LogP contribution in [0.2, 0.25) is 0 Å². The van der Waals surface area contributed by atoms with Crippen LogP contribution in [0.1, 0.15) is 45.7 Å². The average molecular weight is 282 g/mol. The SMILES string of the molecule is CCCNC(CSC(C)(C)C)c1cncc(OC)c1. The van der Waals surface area contributed by atoms with Gasteiger partial charge in [0.25, 0.3) is 0 Å².